The summed E-state index contributed by atoms with van der Waals surface area (Å²) < 4.78 is 11.9. The van der Waals surface area contributed by atoms with E-state index in [1.165, 1.54) is 0 Å². The molecule has 0 aliphatic carbocycles. The largest absolute Gasteiger partial charge is 0.477 e. The molecule has 0 amide bonds. The molecular formula is C12H19NO4. The van der Waals surface area contributed by atoms with Crippen LogP contribution in [0.15, 0.2) is 18.3 Å². The predicted molar refractivity (Wildman–Crippen MR) is 63.3 cm³/mol. The molecule has 1 N–H and O–H groups in total. The maximum Gasteiger partial charge on any atom is 0.352 e. The highest BCUT2D eigenvalue weighted by atomic mass is 16.5. The van der Waals surface area contributed by atoms with Gasteiger partial charge in [-0.15, -0.1) is 0 Å². The maximum absolute atomic E-state index is 10.8. The van der Waals surface area contributed by atoms with Crippen LogP contribution in [0.4, 0.5) is 0 Å². The summed E-state index contributed by atoms with van der Waals surface area (Å²) in [5.41, 5.74) is 0.338. The highest BCUT2D eigenvalue weighted by molar-refractivity contribution is 5.85. The van der Waals surface area contributed by atoms with E-state index < -0.39 is 5.97 Å². The molecule has 0 aromatic carbocycles. The molecule has 5 heteroatoms. The SMILES string of the molecule is COCCOCCCCn1cccc1C(=O)O. The van der Waals surface area contributed by atoms with Crippen molar-refractivity contribution in [2.24, 2.45) is 0 Å². The summed E-state index contributed by atoms with van der Waals surface area (Å²) in [5, 5.41) is 8.89. The molecule has 0 bridgehead atoms. The molecule has 0 spiro atoms. The first kappa shape index (κ1) is 13.7. The Morgan fingerprint density at radius 3 is 2.88 bits per heavy atom. The van der Waals surface area contributed by atoms with Crippen LogP contribution in [0.1, 0.15) is 23.3 Å². The lowest BCUT2D eigenvalue weighted by atomic mass is 10.3. The van der Waals surface area contributed by atoms with Gasteiger partial charge in [-0.3, -0.25) is 0 Å². The molecule has 0 aliphatic rings. The average Bonchev–Trinajstić information content (AvgIpc) is 2.76. The Kier molecular flexibility index (Phi) is 6.35. The van der Waals surface area contributed by atoms with Crippen LogP contribution in [-0.4, -0.2) is 42.6 Å². The number of carboxylic acid groups (broad SMARTS) is 1. The van der Waals surface area contributed by atoms with Crippen LogP contribution in [0.25, 0.3) is 0 Å². The number of aromatic nitrogens is 1. The van der Waals surface area contributed by atoms with Crippen LogP contribution in [0.5, 0.6) is 0 Å². The Morgan fingerprint density at radius 2 is 2.18 bits per heavy atom. The first-order valence-corrected chi connectivity index (χ1v) is 5.71. The monoisotopic (exact) mass is 241 g/mol. The van der Waals surface area contributed by atoms with Crippen molar-refractivity contribution in [1.82, 2.24) is 4.57 Å². The van der Waals surface area contributed by atoms with Crippen molar-refractivity contribution in [2.45, 2.75) is 19.4 Å². The van der Waals surface area contributed by atoms with Gasteiger partial charge in [0, 0.05) is 26.5 Å². The lowest BCUT2D eigenvalue weighted by molar-refractivity contribution is 0.0672. The van der Waals surface area contributed by atoms with Crippen LogP contribution in [-0.2, 0) is 16.0 Å². The van der Waals surface area contributed by atoms with E-state index in [1.807, 2.05) is 0 Å². The fraction of sp³-hybridized carbons (Fsp3) is 0.583. The number of unbranched alkanes of at least 4 members (excludes halogenated alkanes) is 1. The number of hydrogen-bond acceptors (Lipinski definition) is 3. The topological polar surface area (TPSA) is 60.7 Å². The Morgan fingerprint density at radius 1 is 1.35 bits per heavy atom. The first-order valence-electron chi connectivity index (χ1n) is 5.71. The molecule has 0 aliphatic heterocycles. The molecule has 1 aromatic rings. The molecule has 0 unspecified atom stereocenters. The van der Waals surface area contributed by atoms with Gasteiger partial charge >= 0.3 is 5.97 Å². The van der Waals surface area contributed by atoms with Gasteiger partial charge in [-0.2, -0.15) is 0 Å². The van der Waals surface area contributed by atoms with Crippen molar-refractivity contribution in [3.8, 4) is 0 Å². The summed E-state index contributed by atoms with van der Waals surface area (Å²) in [6.45, 7) is 2.62. The maximum atomic E-state index is 10.8. The van der Waals surface area contributed by atoms with Gasteiger partial charge in [-0.1, -0.05) is 0 Å². The smallest absolute Gasteiger partial charge is 0.352 e. The highest BCUT2D eigenvalue weighted by Gasteiger charge is 2.07. The lowest BCUT2D eigenvalue weighted by Crippen LogP contribution is -2.09. The van der Waals surface area contributed by atoms with E-state index in [9.17, 15) is 4.79 Å². The molecule has 5 nitrogen and oxygen atoms in total. The van der Waals surface area contributed by atoms with Crippen molar-refractivity contribution in [1.29, 1.82) is 0 Å². The zero-order chi connectivity index (χ0) is 12.5. The predicted octanol–water partition coefficient (Wildman–Crippen LogP) is 1.63. The highest BCUT2D eigenvalue weighted by Crippen LogP contribution is 2.04. The number of hydrogen-bond donors (Lipinski definition) is 1. The minimum atomic E-state index is -0.883. The van der Waals surface area contributed by atoms with E-state index in [4.69, 9.17) is 14.6 Å². The Hall–Kier alpha value is -1.33. The number of carbonyl (C=O) groups is 1. The van der Waals surface area contributed by atoms with E-state index in [2.05, 4.69) is 0 Å². The zero-order valence-electron chi connectivity index (χ0n) is 10.1. The molecule has 0 atom stereocenters. The number of aromatic carboxylic acids is 1. The minimum absolute atomic E-state index is 0.338. The normalized spacial score (nSPS) is 10.6. The second-order valence-electron chi connectivity index (χ2n) is 3.70. The zero-order valence-corrected chi connectivity index (χ0v) is 10.1. The van der Waals surface area contributed by atoms with Gasteiger partial charge in [0.05, 0.1) is 13.2 Å². The summed E-state index contributed by atoms with van der Waals surface area (Å²) in [4.78, 5) is 10.8. The summed E-state index contributed by atoms with van der Waals surface area (Å²) in [6, 6.07) is 3.36. The van der Waals surface area contributed by atoms with Crippen LogP contribution < -0.4 is 0 Å². The molecule has 0 saturated heterocycles. The molecule has 0 radical (unpaired) electrons. The lowest BCUT2D eigenvalue weighted by Gasteiger charge is -2.06. The van der Waals surface area contributed by atoms with Gasteiger partial charge in [-0.05, 0) is 25.0 Å². The number of nitrogens with zero attached hydrogens (tertiary/aromatic N) is 1. The average molecular weight is 241 g/mol. The molecule has 0 fully saturated rings. The number of methoxy groups -OCH3 is 1. The van der Waals surface area contributed by atoms with Crippen molar-refractivity contribution in [2.75, 3.05) is 26.9 Å². The molecule has 0 saturated carbocycles. The van der Waals surface area contributed by atoms with Crippen molar-refractivity contribution in [3.63, 3.8) is 0 Å². The first-order chi connectivity index (χ1) is 8.25. The third-order valence-electron chi connectivity index (χ3n) is 2.42. The van der Waals surface area contributed by atoms with Crippen LogP contribution in [0.3, 0.4) is 0 Å². The second kappa shape index (κ2) is 7.86. The van der Waals surface area contributed by atoms with Crippen molar-refractivity contribution >= 4 is 5.97 Å². The third-order valence-corrected chi connectivity index (χ3v) is 2.42. The Balaban J connectivity index is 2.14. The number of carboxylic acids is 1. The Bertz CT molecular complexity index is 335. The van der Waals surface area contributed by atoms with Gasteiger partial charge in [0.15, 0.2) is 0 Å². The van der Waals surface area contributed by atoms with E-state index in [0.717, 1.165) is 12.8 Å². The molecule has 1 rings (SSSR count). The summed E-state index contributed by atoms with van der Waals surface area (Å²) in [7, 11) is 1.64. The van der Waals surface area contributed by atoms with Crippen LogP contribution in [0.2, 0.25) is 0 Å². The minimum Gasteiger partial charge on any atom is -0.477 e. The van der Waals surface area contributed by atoms with E-state index in [-0.39, 0.29) is 0 Å². The fourth-order valence-corrected chi connectivity index (χ4v) is 1.53. The molecule has 17 heavy (non-hydrogen) atoms. The van der Waals surface area contributed by atoms with Gasteiger partial charge in [0.1, 0.15) is 5.69 Å². The summed E-state index contributed by atoms with van der Waals surface area (Å²) >= 11 is 0. The number of rotatable bonds is 9. The van der Waals surface area contributed by atoms with E-state index >= 15 is 0 Å². The molecule has 1 aromatic heterocycles. The van der Waals surface area contributed by atoms with Crippen LogP contribution in [0, 0.1) is 0 Å². The van der Waals surface area contributed by atoms with Gasteiger partial charge < -0.3 is 19.1 Å². The van der Waals surface area contributed by atoms with Crippen LogP contribution >= 0.6 is 0 Å². The molecular weight excluding hydrogens is 222 g/mol. The quantitative estimate of drug-likeness (QED) is 0.667. The van der Waals surface area contributed by atoms with E-state index in [0.29, 0.717) is 32.1 Å². The number of ether oxygens (including phenoxy) is 2. The summed E-state index contributed by atoms with van der Waals surface area (Å²) in [6.07, 6.45) is 3.61. The van der Waals surface area contributed by atoms with Gasteiger partial charge in [-0.25, -0.2) is 4.79 Å². The summed E-state index contributed by atoms with van der Waals surface area (Å²) in [5.74, 6) is -0.883. The second-order valence-corrected chi connectivity index (χ2v) is 3.70. The molecule has 1 heterocycles. The molecule has 96 valence electrons. The van der Waals surface area contributed by atoms with Gasteiger partial charge in [0.2, 0.25) is 0 Å². The van der Waals surface area contributed by atoms with Crippen molar-refractivity contribution < 1.29 is 19.4 Å². The van der Waals surface area contributed by atoms with Gasteiger partial charge in [0.25, 0.3) is 0 Å². The Labute approximate surface area is 101 Å². The van der Waals surface area contributed by atoms with Crippen molar-refractivity contribution in [3.05, 3.63) is 24.0 Å². The number of aryl methyl sites for hydroxylation is 1. The standard InChI is InChI=1S/C12H19NO4/c1-16-9-10-17-8-3-2-6-13-7-4-5-11(13)12(14)15/h4-5,7H,2-3,6,8-10H2,1H3,(H,14,15). The third kappa shape index (κ3) is 5.01. The van der Waals surface area contributed by atoms with E-state index in [1.54, 1.807) is 30.0 Å². The fourth-order valence-electron chi connectivity index (χ4n) is 1.53.